The van der Waals surface area contributed by atoms with E-state index in [-0.39, 0.29) is 5.91 Å². The van der Waals surface area contributed by atoms with E-state index in [2.05, 4.69) is 22.6 Å². The molecular weight excluding hydrogens is 369 g/mol. The van der Waals surface area contributed by atoms with Gasteiger partial charge in [-0.1, -0.05) is 0 Å². The highest BCUT2D eigenvalue weighted by atomic mass is 127. The number of halogens is 1. The first kappa shape index (κ1) is 14.1. The van der Waals surface area contributed by atoms with Crippen molar-refractivity contribution < 1.29 is 14.3 Å². The van der Waals surface area contributed by atoms with Crippen molar-refractivity contribution in [1.82, 2.24) is 0 Å². The van der Waals surface area contributed by atoms with Gasteiger partial charge in [-0.2, -0.15) is 0 Å². The monoisotopic (exact) mass is 387 g/mol. The Hall–Kier alpha value is -0.820. The van der Waals surface area contributed by atoms with Gasteiger partial charge in [0.05, 0.1) is 5.69 Å². The first-order valence-electron chi connectivity index (χ1n) is 7.00. The number of amides is 1. The lowest BCUT2D eigenvalue weighted by atomic mass is 9.98. The number of hydrogen-bond acceptors (Lipinski definition) is 3. The Bertz CT molecular complexity index is 514. The Labute approximate surface area is 132 Å². The molecule has 2 heterocycles. The summed E-state index contributed by atoms with van der Waals surface area (Å²) in [4.78, 5) is 14.3. The fraction of sp³-hybridized carbons (Fsp3) is 0.533. The Morgan fingerprint density at radius 2 is 2.10 bits per heavy atom. The smallest absolute Gasteiger partial charge is 0.267 e. The van der Waals surface area contributed by atoms with Gasteiger partial charge in [-0.3, -0.25) is 4.79 Å². The first-order chi connectivity index (χ1) is 9.65. The maximum Gasteiger partial charge on any atom is 0.267 e. The maximum atomic E-state index is 12.4. The molecule has 4 nitrogen and oxygen atoms in total. The van der Waals surface area contributed by atoms with Crippen LogP contribution >= 0.6 is 22.6 Å². The summed E-state index contributed by atoms with van der Waals surface area (Å²) in [5.74, 6) is 1.39. The van der Waals surface area contributed by atoms with Crippen LogP contribution in [0.3, 0.4) is 0 Å². The molecule has 5 heteroatoms. The van der Waals surface area contributed by atoms with Gasteiger partial charge in [0.15, 0.2) is 6.10 Å². The van der Waals surface area contributed by atoms with E-state index in [4.69, 9.17) is 9.47 Å². The fourth-order valence-electron chi connectivity index (χ4n) is 2.76. The normalized spacial score (nSPS) is 23.4. The number of carbonyl (C=O) groups is 1. The zero-order chi connectivity index (χ0) is 14.1. The number of hydrogen-bond donors (Lipinski definition) is 0. The zero-order valence-electron chi connectivity index (χ0n) is 11.5. The summed E-state index contributed by atoms with van der Waals surface area (Å²) in [5, 5.41) is 0. The van der Waals surface area contributed by atoms with E-state index in [0.717, 1.165) is 47.6 Å². The Morgan fingerprint density at radius 3 is 2.85 bits per heavy atom. The molecule has 0 saturated carbocycles. The highest BCUT2D eigenvalue weighted by Crippen LogP contribution is 2.36. The average Bonchev–Trinajstić information content (AvgIpc) is 2.45. The maximum absolute atomic E-state index is 12.4. The molecular formula is C15H18INO3. The summed E-state index contributed by atoms with van der Waals surface area (Å²) in [7, 11) is 0. The second kappa shape index (κ2) is 5.89. The molecule has 1 amide bonds. The Balaban J connectivity index is 1.86. The largest absolute Gasteiger partial charge is 0.479 e. The molecule has 1 unspecified atom stereocenters. The zero-order valence-corrected chi connectivity index (χ0v) is 13.6. The van der Waals surface area contributed by atoms with Gasteiger partial charge in [-0.15, -0.1) is 0 Å². The molecule has 0 aromatic heterocycles. The van der Waals surface area contributed by atoms with Crippen molar-refractivity contribution in [2.75, 3.05) is 24.7 Å². The van der Waals surface area contributed by atoms with Gasteiger partial charge in [0.25, 0.3) is 5.91 Å². The lowest BCUT2D eigenvalue weighted by Gasteiger charge is -2.36. The third-order valence-corrected chi connectivity index (χ3v) is 4.58. The predicted octanol–water partition coefficient (Wildman–Crippen LogP) is 2.83. The van der Waals surface area contributed by atoms with Crippen LogP contribution in [0, 0.1) is 9.49 Å². The minimum atomic E-state index is -0.402. The molecule has 3 rings (SSSR count). The van der Waals surface area contributed by atoms with Crippen molar-refractivity contribution in [3.63, 3.8) is 0 Å². The van der Waals surface area contributed by atoms with Crippen LogP contribution in [-0.2, 0) is 9.53 Å². The predicted molar refractivity (Wildman–Crippen MR) is 85.1 cm³/mol. The molecule has 20 heavy (non-hydrogen) atoms. The molecule has 1 atom stereocenters. The summed E-state index contributed by atoms with van der Waals surface area (Å²) in [6.45, 7) is 4.20. The second-order valence-electron chi connectivity index (χ2n) is 5.38. The topological polar surface area (TPSA) is 38.8 Å². The van der Waals surface area contributed by atoms with Gasteiger partial charge >= 0.3 is 0 Å². The van der Waals surface area contributed by atoms with Crippen LogP contribution in [0.5, 0.6) is 5.75 Å². The summed E-state index contributed by atoms with van der Waals surface area (Å²) in [6.07, 6.45) is 1.65. The molecule has 108 valence electrons. The minimum absolute atomic E-state index is 0.0604. The van der Waals surface area contributed by atoms with Crippen molar-refractivity contribution >= 4 is 34.2 Å². The van der Waals surface area contributed by atoms with E-state index < -0.39 is 6.10 Å². The van der Waals surface area contributed by atoms with Gasteiger partial charge in [0, 0.05) is 23.3 Å². The molecule has 0 N–H and O–H groups in total. The molecule has 1 saturated heterocycles. The molecule has 0 radical (unpaired) electrons. The quantitative estimate of drug-likeness (QED) is 0.733. The lowest BCUT2D eigenvalue weighted by Crippen LogP contribution is -2.47. The van der Waals surface area contributed by atoms with Crippen LogP contribution in [0.2, 0.25) is 0 Å². The van der Waals surface area contributed by atoms with E-state index in [1.807, 2.05) is 30.0 Å². The van der Waals surface area contributed by atoms with E-state index in [1.54, 1.807) is 0 Å². The molecule has 0 aliphatic carbocycles. The standard InChI is InChI=1S/C15H18INO3/c1-10-15(18)17(9-11-4-6-19-7-5-11)13-3-2-12(16)8-14(13)20-10/h2-3,8,10-11H,4-7,9H2,1H3. The number of carbonyl (C=O) groups excluding carboxylic acids is 1. The number of fused-ring (bicyclic) bond motifs is 1. The van der Waals surface area contributed by atoms with Crippen molar-refractivity contribution in [3.05, 3.63) is 21.8 Å². The molecule has 1 fully saturated rings. The SMILES string of the molecule is CC1Oc2cc(I)ccc2N(CC2CCOCC2)C1=O. The van der Waals surface area contributed by atoms with Crippen LogP contribution in [0.1, 0.15) is 19.8 Å². The minimum Gasteiger partial charge on any atom is -0.479 e. The van der Waals surface area contributed by atoms with Crippen LogP contribution in [0.25, 0.3) is 0 Å². The van der Waals surface area contributed by atoms with E-state index >= 15 is 0 Å². The van der Waals surface area contributed by atoms with Crippen molar-refractivity contribution in [2.24, 2.45) is 5.92 Å². The number of nitrogens with zero attached hydrogens (tertiary/aromatic N) is 1. The van der Waals surface area contributed by atoms with Crippen LogP contribution in [0.4, 0.5) is 5.69 Å². The summed E-state index contributed by atoms with van der Waals surface area (Å²) >= 11 is 2.26. The number of anilines is 1. The van der Waals surface area contributed by atoms with Gasteiger partial charge in [0.2, 0.25) is 0 Å². The number of rotatable bonds is 2. The first-order valence-corrected chi connectivity index (χ1v) is 8.08. The van der Waals surface area contributed by atoms with Gasteiger partial charge in [-0.05, 0) is 66.5 Å². The van der Waals surface area contributed by atoms with E-state index in [9.17, 15) is 4.79 Å². The van der Waals surface area contributed by atoms with Crippen molar-refractivity contribution in [1.29, 1.82) is 0 Å². The molecule has 1 aromatic carbocycles. The molecule has 0 spiro atoms. The molecule has 2 aliphatic rings. The summed E-state index contributed by atoms with van der Waals surface area (Å²) in [5.41, 5.74) is 0.903. The Morgan fingerprint density at radius 1 is 1.35 bits per heavy atom. The van der Waals surface area contributed by atoms with Crippen molar-refractivity contribution in [2.45, 2.75) is 25.9 Å². The van der Waals surface area contributed by atoms with Crippen LogP contribution < -0.4 is 9.64 Å². The van der Waals surface area contributed by atoms with Gasteiger partial charge < -0.3 is 14.4 Å². The number of ether oxygens (including phenoxy) is 2. The number of benzene rings is 1. The van der Waals surface area contributed by atoms with Gasteiger partial charge in [0.1, 0.15) is 5.75 Å². The average molecular weight is 387 g/mol. The summed E-state index contributed by atoms with van der Waals surface area (Å²) in [6, 6.07) is 6.00. The van der Waals surface area contributed by atoms with Crippen LogP contribution in [0.15, 0.2) is 18.2 Å². The highest BCUT2D eigenvalue weighted by Gasteiger charge is 2.33. The molecule has 1 aromatic rings. The fourth-order valence-corrected chi connectivity index (χ4v) is 3.22. The van der Waals surface area contributed by atoms with E-state index in [0.29, 0.717) is 5.92 Å². The van der Waals surface area contributed by atoms with Gasteiger partial charge in [-0.25, -0.2) is 0 Å². The third kappa shape index (κ3) is 2.79. The second-order valence-corrected chi connectivity index (χ2v) is 6.62. The van der Waals surface area contributed by atoms with Crippen molar-refractivity contribution in [3.8, 4) is 5.75 Å². The molecule has 0 bridgehead atoms. The lowest BCUT2D eigenvalue weighted by molar-refractivity contribution is -0.125. The van der Waals surface area contributed by atoms with E-state index in [1.165, 1.54) is 0 Å². The third-order valence-electron chi connectivity index (χ3n) is 3.91. The van der Waals surface area contributed by atoms with Crippen LogP contribution in [-0.4, -0.2) is 31.8 Å². The Kier molecular flexibility index (Phi) is 4.16. The highest BCUT2D eigenvalue weighted by molar-refractivity contribution is 14.1. The summed E-state index contributed by atoms with van der Waals surface area (Å²) < 4.78 is 12.2. The molecule has 2 aliphatic heterocycles.